The molecule has 2 aromatic rings. The topological polar surface area (TPSA) is 75.9 Å². The first kappa shape index (κ1) is 19.7. The Hall–Kier alpha value is -2.61. The van der Waals surface area contributed by atoms with Crippen LogP contribution in [0.1, 0.15) is 28.2 Å². The first-order chi connectivity index (χ1) is 13.9. The van der Waals surface area contributed by atoms with Crippen LogP contribution in [0.5, 0.6) is 5.75 Å². The number of carbonyl (C=O) groups excluding carboxylic acids is 2. The van der Waals surface area contributed by atoms with E-state index in [2.05, 4.69) is 5.16 Å². The summed E-state index contributed by atoms with van der Waals surface area (Å²) in [7, 11) is 1.36. The SMILES string of the molecule is COc1ccc(Cl)c(CC(=O)N2CC[C@H]3CN(C(=O)c4cc(C)no4)C[C@H]32)c1F. The molecule has 2 aliphatic heterocycles. The molecule has 0 saturated carbocycles. The third-order valence-electron chi connectivity index (χ3n) is 5.69. The molecule has 2 fully saturated rings. The van der Waals surface area contributed by atoms with Gasteiger partial charge in [0.1, 0.15) is 0 Å². The van der Waals surface area contributed by atoms with E-state index in [0.717, 1.165) is 6.42 Å². The van der Waals surface area contributed by atoms with Crippen molar-refractivity contribution in [1.29, 1.82) is 0 Å². The van der Waals surface area contributed by atoms with Gasteiger partial charge in [-0.1, -0.05) is 16.8 Å². The van der Waals surface area contributed by atoms with Crippen molar-refractivity contribution in [3.63, 3.8) is 0 Å². The van der Waals surface area contributed by atoms with E-state index in [4.69, 9.17) is 20.9 Å². The molecule has 2 atom stereocenters. The lowest BCUT2D eigenvalue weighted by atomic mass is 10.0. The monoisotopic (exact) mass is 421 g/mol. The molecule has 1 aromatic carbocycles. The summed E-state index contributed by atoms with van der Waals surface area (Å²) in [6.07, 6.45) is 0.643. The average Bonchev–Trinajstić information content (AvgIpc) is 3.40. The lowest BCUT2D eigenvalue weighted by Gasteiger charge is -2.25. The minimum atomic E-state index is -0.618. The minimum absolute atomic E-state index is 0.0523. The van der Waals surface area contributed by atoms with Crippen molar-refractivity contribution in [2.24, 2.45) is 5.92 Å². The maximum atomic E-state index is 14.6. The number of aromatic nitrogens is 1. The molecule has 0 bridgehead atoms. The van der Waals surface area contributed by atoms with Crippen molar-refractivity contribution >= 4 is 23.4 Å². The maximum absolute atomic E-state index is 14.6. The standard InChI is InChI=1S/C20H21ClFN3O4/c1-11-7-17(29-23-11)20(27)24-9-12-5-6-25(15(12)10-24)18(26)8-13-14(21)3-4-16(28-2)19(13)22/h3-4,7,12,15H,5-6,8-10H2,1-2H3/t12-,15+/m0/s1. The van der Waals surface area contributed by atoms with Crippen LogP contribution in [0.3, 0.4) is 0 Å². The van der Waals surface area contributed by atoms with E-state index in [-0.39, 0.29) is 52.3 Å². The van der Waals surface area contributed by atoms with Crippen molar-refractivity contribution in [1.82, 2.24) is 15.0 Å². The second-order valence-corrected chi connectivity index (χ2v) is 7.87. The van der Waals surface area contributed by atoms with Crippen LogP contribution in [0.15, 0.2) is 22.7 Å². The van der Waals surface area contributed by atoms with Crippen LogP contribution in [-0.2, 0) is 11.2 Å². The second kappa shape index (κ2) is 7.67. The molecular weight excluding hydrogens is 401 g/mol. The van der Waals surface area contributed by atoms with Crippen LogP contribution in [-0.4, -0.2) is 59.6 Å². The Balaban J connectivity index is 1.47. The number of aryl methyl sites for hydroxylation is 1. The van der Waals surface area contributed by atoms with E-state index in [1.165, 1.54) is 19.2 Å². The Morgan fingerprint density at radius 3 is 2.86 bits per heavy atom. The van der Waals surface area contributed by atoms with E-state index < -0.39 is 5.82 Å². The lowest BCUT2D eigenvalue weighted by molar-refractivity contribution is -0.131. The first-order valence-electron chi connectivity index (χ1n) is 9.42. The van der Waals surface area contributed by atoms with E-state index >= 15 is 0 Å². The minimum Gasteiger partial charge on any atom is -0.494 e. The molecule has 29 heavy (non-hydrogen) atoms. The van der Waals surface area contributed by atoms with E-state index in [9.17, 15) is 14.0 Å². The second-order valence-electron chi connectivity index (χ2n) is 7.46. The molecule has 1 aromatic heterocycles. The number of fused-ring (bicyclic) bond motifs is 1. The van der Waals surface area contributed by atoms with Gasteiger partial charge in [-0.2, -0.15) is 0 Å². The molecule has 0 unspecified atom stereocenters. The molecule has 0 spiro atoms. The van der Waals surface area contributed by atoms with Crippen LogP contribution >= 0.6 is 11.6 Å². The molecule has 154 valence electrons. The van der Waals surface area contributed by atoms with Crippen molar-refractivity contribution in [2.45, 2.75) is 25.8 Å². The predicted octanol–water partition coefficient (Wildman–Crippen LogP) is 2.70. The Kier molecular flexibility index (Phi) is 5.21. The van der Waals surface area contributed by atoms with Gasteiger partial charge in [0.05, 0.1) is 25.3 Å². The van der Waals surface area contributed by atoms with Crippen molar-refractivity contribution in [3.05, 3.63) is 46.1 Å². The molecule has 7 nitrogen and oxygen atoms in total. The summed E-state index contributed by atoms with van der Waals surface area (Å²) in [5, 5.41) is 3.95. The molecule has 0 radical (unpaired) electrons. The van der Waals surface area contributed by atoms with Gasteiger partial charge >= 0.3 is 0 Å². The van der Waals surface area contributed by atoms with Crippen LogP contribution in [0.4, 0.5) is 4.39 Å². The quantitative estimate of drug-likeness (QED) is 0.758. The predicted molar refractivity (Wildman–Crippen MR) is 102 cm³/mol. The van der Waals surface area contributed by atoms with Crippen LogP contribution in [0, 0.1) is 18.7 Å². The number of benzene rings is 1. The highest BCUT2D eigenvalue weighted by molar-refractivity contribution is 6.31. The van der Waals surface area contributed by atoms with Gasteiger partial charge in [0.15, 0.2) is 11.6 Å². The van der Waals surface area contributed by atoms with Gasteiger partial charge in [-0.15, -0.1) is 0 Å². The molecule has 2 amide bonds. The first-order valence-corrected chi connectivity index (χ1v) is 9.79. The van der Waals surface area contributed by atoms with Crippen molar-refractivity contribution in [2.75, 3.05) is 26.7 Å². The zero-order valence-corrected chi connectivity index (χ0v) is 16.9. The van der Waals surface area contributed by atoms with E-state index in [0.29, 0.717) is 25.3 Å². The van der Waals surface area contributed by atoms with Gasteiger partial charge in [-0.25, -0.2) is 4.39 Å². The van der Waals surface area contributed by atoms with Crippen LogP contribution < -0.4 is 4.74 Å². The number of nitrogens with zero attached hydrogens (tertiary/aromatic N) is 3. The zero-order chi connectivity index (χ0) is 20.7. The van der Waals surface area contributed by atoms with Gasteiger partial charge in [0.25, 0.3) is 5.91 Å². The number of hydrogen-bond donors (Lipinski definition) is 0. The number of likely N-dealkylation sites (tertiary alicyclic amines) is 2. The van der Waals surface area contributed by atoms with E-state index in [1.54, 1.807) is 22.8 Å². The molecule has 9 heteroatoms. The number of rotatable bonds is 4. The molecule has 4 rings (SSSR count). The Morgan fingerprint density at radius 2 is 2.17 bits per heavy atom. The number of ether oxygens (including phenoxy) is 1. The van der Waals surface area contributed by atoms with Gasteiger partial charge in [-0.05, 0) is 25.5 Å². The highest BCUT2D eigenvalue weighted by atomic mass is 35.5. The fourth-order valence-corrected chi connectivity index (χ4v) is 4.42. The largest absolute Gasteiger partial charge is 0.494 e. The van der Waals surface area contributed by atoms with Gasteiger partial charge < -0.3 is 19.1 Å². The number of methoxy groups -OCH3 is 1. The fraction of sp³-hybridized carbons (Fsp3) is 0.450. The lowest BCUT2D eigenvalue weighted by Crippen LogP contribution is -2.41. The zero-order valence-electron chi connectivity index (χ0n) is 16.2. The Morgan fingerprint density at radius 1 is 1.38 bits per heavy atom. The summed E-state index contributed by atoms with van der Waals surface area (Å²) in [6.45, 7) is 3.31. The average molecular weight is 422 g/mol. The molecular formula is C20H21ClFN3O4. The highest BCUT2D eigenvalue weighted by Gasteiger charge is 2.45. The highest BCUT2D eigenvalue weighted by Crippen LogP contribution is 2.34. The molecule has 2 saturated heterocycles. The van der Waals surface area contributed by atoms with Crippen LogP contribution in [0.2, 0.25) is 5.02 Å². The number of halogens is 2. The fourth-order valence-electron chi connectivity index (χ4n) is 4.21. The molecule has 2 aliphatic rings. The summed E-state index contributed by atoms with van der Waals surface area (Å²) in [5.74, 6) is -0.613. The Bertz CT molecular complexity index is 963. The Labute approximate surface area is 172 Å². The molecule has 0 N–H and O–H groups in total. The van der Waals surface area contributed by atoms with Gasteiger partial charge in [0, 0.05) is 42.2 Å². The smallest absolute Gasteiger partial charge is 0.292 e. The molecule has 0 aliphatic carbocycles. The number of amides is 2. The summed E-state index contributed by atoms with van der Waals surface area (Å²) in [5.41, 5.74) is 0.768. The normalized spacial score (nSPS) is 20.8. The molecule has 3 heterocycles. The number of carbonyl (C=O) groups is 2. The van der Waals surface area contributed by atoms with Crippen LogP contribution in [0.25, 0.3) is 0 Å². The summed E-state index contributed by atoms with van der Waals surface area (Å²) < 4.78 is 24.6. The summed E-state index contributed by atoms with van der Waals surface area (Å²) >= 11 is 6.12. The summed E-state index contributed by atoms with van der Waals surface area (Å²) in [6, 6.07) is 4.47. The van der Waals surface area contributed by atoms with E-state index in [1.807, 2.05) is 0 Å². The van der Waals surface area contributed by atoms with Gasteiger partial charge in [0.2, 0.25) is 11.7 Å². The number of hydrogen-bond acceptors (Lipinski definition) is 5. The third-order valence-corrected chi connectivity index (χ3v) is 6.05. The third kappa shape index (κ3) is 3.57. The maximum Gasteiger partial charge on any atom is 0.292 e. The van der Waals surface area contributed by atoms with Gasteiger partial charge in [-0.3, -0.25) is 9.59 Å². The van der Waals surface area contributed by atoms with Crippen molar-refractivity contribution < 1.29 is 23.2 Å². The van der Waals surface area contributed by atoms with Crippen molar-refractivity contribution in [3.8, 4) is 5.75 Å². The summed E-state index contributed by atoms with van der Waals surface area (Å²) in [4.78, 5) is 29.0.